The number of rotatable bonds is 5. The second-order valence-corrected chi connectivity index (χ2v) is 6.31. The van der Waals surface area contributed by atoms with Crippen LogP contribution in [0.25, 0.3) is 11.2 Å². The molecule has 0 spiro atoms. The summed E-state index contributed by atoms with van der Waals surface area (Å²) in [5, 5.41) is 3.33. The van der Waals surface area contributed by atoms with Crippen molar-refractivity contribution in [2.24, 2.45) is 5.41 Å². The van der Waals surface area contributed by atoms with Crippen molar-refractivity contribution in [3.05, 3.63) is 6.33 Å². The van der Waals surface area contributed by atoms with Gasteiger partial charge in [-0.15, -0.1) is 0 Å². The number of aromatic nitrogens is 4. The number of nitrogens with one attached hydrogen (secondary N) is 1. The predicted molar refractivity (Wildman–Crippen MR) is 82.6 cm³/mol. The summed E-state index contributed by atoms with van der Waals surface area (Å²) in [4.78, 5) is 13.0. The molecule has 2 aromatic rings. The van der Waals surface area contributed by atoms with Crippen molar-refractivity contribution in [1.29, 1.82) is 0 Å². The van der Waals surface area contributed by atoms with Crippen molar-refractivity contribution >= 4 is 22.9 Å². The van der Waals surface area contributed by atoms with E-state index in [-0.39, 0.29) is 11.4 Å². The number of anilines is 2. The van der Waals surface area contributed by atoms with Gasteiger partial charge in [0.25, 0.3) is 0 Å². The Morgan fingerprint density at radius 1 is 1.30 bits per heavy atom. The largest absolute Gasteiger partial charge is 0.368 e. The number of hydrogen-bond acceptors (Lipinski definition) is 5. The van der Waals surface area contributed by atoms with Crippen LogP contribution in [0.2, 0.25) is 0 Å². The Kier molecular flexibility index (Phi) is 4.11. The first-order chi connectivity index (χ1) is 9.40. The molecule has 2 rings (SSSR count). The number of unbranched alkanes of at least 4 members (excludes halogenated alkanes) is 1. The van der Waals surface area contributed by atoms with Gasteiger partial charge in [0.1, 0.15) is 0 Å². The van der Waals surface area contributed by atoms with E-state index >= 15 is 0 Å². The summed E-state index contributed by atoms with van der Waals surface area (Å²) in [7, 11) is 0. The summed E-state index contributed by atoms with van der Waals surface area (Å²) in [5.74, 6) is 1.00. The van der Waals surface area contributed by atoms with Crippen molar-refractivity contribution in [1.82, 2.24) is 19.5 Å². The normalized spacial score (nSPS) is 12.0. The number of imidazole rings is 1. The number of hydrogen-bond donors (Lipinski definition) is 2. The first kappa shape index (κ1) is 14.6. The minimum atomic E-state index is 0.164. The van der Waals surface area contributed by atoms with Gasteiger partial charge in [-0.25, -0.2) is 4.98 Å². The molecule has 2 aromatic heterocycles. The van der Waals surface area contributed by atoms with Gasteiger partial charge >= 0.3 is 0 Å². The molecular formula is C14H24N6. The lowest BCUT2D eigenvalue weighted by atomic mass is 9.97. The van der Waals surface area contributed by atoms with E-state index < -0.39 is 0 Å². The molecule has 0 bridgehead atoms. The van der Waals surface area contributed by atoms with E-state index in [1.807, 2.05) is 10.9 Å². The quantitative estimate of drug-likeness (QED) is 0.877. The van der Waals surface area contributed by atoms with Crippen molar-refractivity contribution < 1.29 is 0 Å². The Bertz CT molecular complexity index is 581. The molecule has 0 saturated carbocycles. The summed E-state index contributed by atoms with van der Waals surface area (Å²) in [5.41, 5.74) is 7.58. The van der Waals surface area contributed by atoms with Crippen molar-refractivity contribution in [2.75, 3.05) is 17.6 Å². The molecule has 0 aliphatic rings. The zero-order valence-electron chi connectivity index (χ0n) is 12.8. The van der Waals surface area contributed by atoms with E-state index in [2.05, 4.69) is 48.0 Å². The first-order valence-electron chi connectivity index (χ1n) is 7.13. The van der Waals surface area contributed by atoms with Crippen LogP contribution in [-0.2, 0) is 6.54 Å². The van der Waals surface area contributed by atoms with E-state index in [0.717, 1.165) is 42.9 Å². The van der Waals surface area contributed by atoms with Gasteiger partial charge in [0.15, 0.2) is 17.0 Å². The highest BCUT2D eigenvalue weighted by Gasteiger charge is 2.15. The molecule has 0 aliphatic carbocycles. The minimum Gasteiger partial charge on any atom is -0.368 e. The van der Waals surface area contributed by atoms with Crippen LogP contribution in [0, 0.1) is 5.41 Å². The Morgan fingerprint density at radius 2 is 2.05 bits per heavy atom. The van der Waals surface area contributed by atoms with Crippen LogP contribution in [-0.4, -0.2) is 26.1 Å². The summed E-state index contributed by atoms with van der Waals surface area (Å²) in [6.45, 7) is 10.4. The maximum atomic E-state index is 5.82. The number of nitrogen functional groups attached to an aromatic ring is 1. The topological polar surface area (TPSA) is 81.7 Å². The fraction of sp³-hybridized carbons (Fsp3) is 0.643. The van der Waals surface area contributed by atoms with Crippen LogP contribution in [0.15, 0.2) is 6.33 Å². The number of nitrogens with two attached hydrogens (primary N) is 1. The van der Waals surface area contributed by atoms with Crippen molar-refractivity contribution in [3.8, 4) is 0 Å². The highest BCUT2D eigenvalue weighted by atomic mass is 15.2. The molecule has 0 aliphatic heterocycles. The lowest BCUT2D eigenvalue weighted by Gasteiger charge is -2.19. The molecule has 0 amide bonds. The average molecular weight is 276 g/mol. The molecule has 110 valence electrons. The highest BCUT2D eigenvalue weighted by Crippen LogP contribution is 2.22. The lowest BCUT2D eigenvalue weighted by Crippen LogP contribution is -2.20. The maximum Gasteiger partial charge on any atom is 0.224 e. The van der Waals surface area contributed by atoms with E-state index in [9.17, 15) is 0 Å². The molecule has 2 heterocycles. The van der Waals surface area contributed by atoms with E-state index in [0.29, 0.717) is 0 Å². The molecule has 6 heteroatoms. The van der Waals surface area contributed by atoms with Gasteiger partial charge in [0.2, 0.25) is 5.95 Å². The van der Waals surface area contributed by atoms with E-state index in [1.54, 1.807) is 0 Å². The SMILES string of the molecule is CCCCn1cnc2c(NCC(C)(C)C)nc(N)nc21. The van der Waals surface area contributed by atoms with Crippen LogP contribution in [0.5, 0.6) is 0 Å². The third-order valence-electron chi connectivity index (χ3n) is 3.02. The third-order valence-corrected chi connectivity index (χ3v) is 3.02. The fourth-order valence-electron chi connectivity index (χ4n) is 1.93. The molecule has 0 unspecified atom stereocenters. The van der Waals surface area contributed by atoms with Gasteiger partial charge < -0.3 is 15.6 Å². The lowest BCUT2D eigenvalue weighted by molar-refractivity contribution is 0.442. The van der Waals surface area contributed by atoms with Crippen LogP contribution < -0.4 is 11.1 Å². The van der Waals surface area contributed by atoms with Gasteiger partial charge in [-0.05, 0) is 11.8 Å². The van der Waals surface area contributed by atoms with E-state index in [4.69, 9.17) is 5.73 Å². The van der Waals surface area contributed by atoms with Crippen molar-refractivity contribution in [2.45, 2.75) is 47.1 Å². The minimum absolute atomic E-state index is 0.164. The Balaban J connectivity index is 2.33. The average Bonchev–Trinajstić information content (AvgIpc) is 2.75. The van der Waals surface area contributed by atoms with E-state index in [1.165, 1.54) is 0 Å². The second-order valence-electron chi connectivity index (χ2n) is 6.31. The second kappa shape index (κ2) is 5.64. The van der Waals surface area contributed by atoms with Gasteiger partial charge in [-0.2, -0.15) is 9.97 Å². The molecule has 0 atom stereocenters. The molecule has 0 radical (unpaired) electrons. The molecule has 3 N–H and O–H groups in total. The first-order valence-corrected chi connectivity index (χ1v) is 7.13. The zero-order chi connectivity index (χ0) is 14.8. The van der Waals surface area contributed by atoms with Gasteiger partial charge in [-0.3, -0.25) is 0 Å². The summed E-state index contributed by atoms with van der Waals surface area (Å²) in [6, 6.07) is 0. The number of aryl methyl sites for hydroxylation is 1. The molecule has 20 heavy (non-hydrogen) atoms. The van der Waals surface area contributed by atoms with Crippen LogP contribution in [0.3, 0.4) is 0 Å². The summed E-state index contributed by atoms with van der Waals surface area (Å²) in [6.07, 6.45) is 4.05. The van der Waals surface area contributed by atoms with Crippen LogP contribution in [0.4, 0.5) is 11.8 Å². The molecular weight excluding hydrogens is 252 g/mol. The Morgan fingerprint density at radius 3 is 2.70 bits per heavy atom. The van der Waals surface area contributed by atoms with Gasteiger partial charge in [0, 0.05) is 13.1 Å². The van der Waals surface area contributed by atoms with Crippen molar-refractivity contribution in [3.63, 3.8) is 0 Å². The molecule has 6 nitrogen and oxygen atoms in total. The third kappa shape index (κ3) is 3.37. The fourth-order valence-corrected chi connectivity index (χ4v) is 1.93. The van der Waals surface area contributed by atoms with Crippen LogP contribution >= 0.6 is 0 Å². The monoisotopic (exact) mass is 276 g/mol. The highest BCUT2D eigenvalue weighted by molar-refractivity contribution is 5.84. The number of fused-ring (bicyclic) bond motifs is 1. The summed E-state index contributed by atoms with van der Waals surface area (Å²) < 4.78 is 2.04. The molecule has 0 aromatic carbocycles. The Hall–Kier alpha value is -1.85. The van der Waals surface area contributed by atoms with Crippen LogP contribution in [0.1, 0.15) is 40.5 Å². The maximum absolute atomic E-state index is 5.82. The van der Waals surface area contributed by atoms with Gasteiger partial charge in [-0.1, -0.05) is 34.1 Å². The van der Waals surface area contributed by atoms with Gasteiger partial charge in [0.05, 0.1) is 6.33 Å². The summed E-state index contributed by atoms with van der Waals surface area (Å²) >= 11 is 0. The Labute approximate surface area is 119 Å². The molecule has 0 fully saturated rings. The standard InChI is InChI=1S/C14H24N6/c1-5-6-7-20-9-17-10-11(16-8-14(2,3)4)18-13(15)19-12(10)20/h9H,5-8H2,1-4H3,(H3,15,16,18,19). The smallest absolute Gasteiger partial charge is 0.224 e. The number of nitrogens with zero attached hydrogens (tertiary/aromatic N) is 4. The predicted octanol–water partition coefficient (Wildman–Crippen LogP) is 2.67. The zero-order valence-corrected chi connectivity index (χ0v) is 12.8. The molecule has 0 saturated heterocycles.